The summed E-state index contributed by atoms with van der Waals surface area (Å²) in [5, 5.41) is 18.2. The van der Waals surface area contributed by atoms with Crippen LogP contribution in [0.15, 0.2) is 18.2 Å². The number of hydrogen-bond donors (Lipinski definition) is 1. The minimum atomic E-state index is -0.752. The molecule has 1 aromatic carbocycles. The summed E-state index contributed by atoms with van der Waals surface area (Å²) in [7, 11) is 0. The molecule has 1 heterocycles. The van der Waals surface area contributed by atoms with Gasteiger partial charge < -0.3 is 10.0 Å². The molecule has 1 unspecified atom stereocenters. The second-order valence-corrected chi connectivity index (χ2v) is 5.24. The van der Waals surface area contributed by atoms with E-state index in [2.05, 4.69) is 11.0 Å². The van der Waals surface area contributed by atoms with Crippen molar-refractivity contribution in [2.45, 2.75) is 19.3 Å². The highest BCUT2D eigenvalue weighted by atomic mass is 35.5. The van der Waals surface area contributed by atoms with Gasteiger partial charge in [0.2, 0.25) is 0 Å². The van der Waals surface area contributed by atoms with Gasteiger partial charge >= 0.3 is 5.97 Å². The maximum Gasteiger partial charge on any atom is 0.303 e. The number of benzene rings is 1. The first-order valence-corrected chi connectivity index (χ1v) is 6.64. The fourth-order valence-corrected chi connectivity index (χ4v) is 2.83. The van der Waals surface area contributed by atoms with Gasteiger partial charge in [-0.2, -0.15) is 5.26 Å². The molecule has 0 spiro atoms. The van der Waals surface area contributed by atoms with Gasteiger partial charge in [-0.1, -0.05) is 11.6 Å². The first kappa shape index (κ1) is 13.7. The predicted octanol–water partition coefficient (Wildman–Crippen LogP) is 2.90. The molecule has 0 bridgehead atoms. The highest BCUT2D eigenvalue weighted by molar-refractivity contribution is 6.33. The fraction of sp³-hybridized carbons (Fsp3) is 0.429. The fourth-order valence-electron chi connectivity index (χ4n) is 2.53. The Morgan fingerprint density at radius 3 is 3.00 bits per heavy atom. The Hall–Kier alpha value is -1.73. The first-order valence-electron chi connectivity index (χ1n) is 6.26. The quantitative estimate of drug-likeness (QED) is 0.923. The van der Waals surface area contributed by atoms with Crippen molar-refractivity contribution in [3.05, 3.63) is 28.8 Å². The summed E-state index contributed by atoms with van der Waals surface area (Å²) in [5.74, 6) is -0.587. The van der Waals surface area contributed by atoms with E-state index >= 15 is 0 Å². The molecule has 0 aliphatic carbocycles. The summed E-state index contributed by atoms with van der Waals surface area (Å²) in [6.45, 7) is 1.58. The molecular formula is C14H15ClN2O2. The van der Waals surface area contributed by atoms with Crippen LogP contribution in [0.25, 0.3) is 0 Å². The van der Waals surface area contributed by atoms with Crippen LogP contribution >= 0.6 is 11.6 Å². The van der Waals surface area contributed by atoms with Gasteiger partial charge in [-0.05, 0) is 37.0 Å². The molecule has 5 heteroatoms. The zero-order chi connectivity index (χ0) is 13.8. The van der Waals surface area contributed by atoms with Crippen LogP contribution in [0.3, 0.4) is 0 Å². The van der Waals surface area contributed by atoms with E-state index in [0.717, 1.165) is 25.1 Å². The van der Waals surface area contributed by atoms with Gasteiger partial charge in [0.15, 0.2) is 0 Å². The number of nitrogens with zero attached hydrogens (tertiary/aromatic N) is 2. The van der Waals surface area contributed by atoms with Crippen molar-refractivity contribution in [2.24, 2.45) is 5.92 Å². The van der Waals surface area contributed by atoms with Crippen LogP contribution in [-0.2, 0) is 4.79 Å². The minimum absolute atomic E-state index is 0.165. The molecule has 4 nitrogen and oxygen atoms in total. The second-order valence-electron chi connectivity index (χ2n) is 4.83. The van der Waals surface area contributed by atoms with Gasteiger partial charge in [0.25, 0.3) is 0 Å². The molecule has 1 saturated heterocycles. The predicted molar refractivity (Wildman–Crippen MR) is 73.4 cm³/mol. The number of anilines is 1. The van der Waals surface area contributed by atoms with E-state index in [1.807, 2.05) is 6.07 Å². The average molecular weight is 279 g/mol. The average Bonchev–Trinajstić information content (AvgIpc) is 2.38. The molecular weight excluding hydrogens is 264 g/mol. The summed E-state index contributed by atoms with van der Waals surface area (Å²) >= 11 is 6.19. The van der Waals surface area contributed by atoms with Gasteiger partial charge in [0, 0.05) is 19.5 Å². The Morgan fingerprint density at radius 1 is 1.58 bits per heavy atom. The van der Waals surface area contributed by atoms with E-state index < -0.39 is 5.97 Å². The number of aliphatic carboxylic acids is 1. The topological polar surface area (TPSA) is 64.3 Å². The van der Waals surface area contributed by atoms with E-state index in [-0.39, 0.29) is 12.3 Å². The number of carboxylic acid groups (broad SMARTS) is 1. The van der Waals surface area contributed by atoms with Crippen molar-refractivity contribution < 1.29 is 9.90 Å². The lowest BCUT2D eigenvalue weighted by molar-refractivity contribution is -0.138. The van der Waals surface area contributed by atoms with Gasteiger partial charge in [-0.25, -0.2) is 0 Å². The van der Waals surface area contributed by atoms with E-state index in [4.69, 9.17) is 22.0 Å². The lowest BCUT2D eigenvalue weighted by atomic mass is 9.94. The summed E-state index contributed by atoms with van der Waals surface area (Å²) in [6.07, 6.45) is 2.11. The highest BCUT2D eigenvalue weighted by Gasteiger charge is 2.23. The van der Waals surface area contributed by atoms with Crippen molar-refractivity contribution in [2.75, 3.05) is 18.0 Å². The molecule has 1 N–H and O–H groups in total. The Bertz CT molecular complexity index is 525. The molecule has 1 aliphatic rings. The van der Waals surface area contributed by atoms with E-state index in [1.165, 1.54) is 0 Å². The lowest BCUT2D eigenvalue weighted by Crippen LogP contribution is -2.36. The van der Waals surface area contributed by atoms with Gasteiger partial charge in [-0.15, -0.1) is 0 Å². The molecule has 1 fully saturated rings. The summed E-state index contributed by atoms with van der Waals surface area (Å²) in [4.78, 5) is 12.9. The molecule has 1 aromatic rings. The molecule has 0 aromatic heterocycles. The van der Waals surface area contributed by atoms with Crippen LogP contribution in [-0.4, -0.2) is 24.2 Å². The SMILES string of the molecule is N#Cc1ccc(N2CCCC(CC(=O)O)C2)c(Cl)c1. The van der Waals surface area contributed by atoms with Gasteiger partial charge in [-0.3, -0.25) is 4.79 Å². The molecule has 1 aliphatic heterocycles. The summed E-state index contributed by atoms with van der Waals surface area (Å²) in [6, 6.07) is 7.28. The molecule has 0 amide bonds. The molecule has 0 saturated carbocycles. The van der Waals surface area contributed by atoms with E-state index in [0.29, 0.717) is 17.1 Å². The minimum Gasteiger partial charge on any atom is -0.481 e. The normalized spacial score (nSPS) is 18.9. The van der Waals surface area contributed by atoms with Gasteiger partial charge in [0.05, 0.1) is 22.3 Å². The van der Waals surface area contributed by atoms with Crippen molar-refractivity contribution >= 4 is 23.3 Å². The Kier molecular flexibility index (Phi) is 4.28. The third kappa shape index (κ3) is 3.39. The number of halogens is 1. The number of nitriles is 1. The lowest BCUT2D eigenvalue weighted by Gasteiger charge is -2.34. The Balaban J connectivity index is 2.13. The van der Waals surface area contributed by atoms with Crippen LogP contribution in [0.2, 0.25) is 5.02 Å². The molecule has 19 heavy (non-hydrogen) atoms. The Labute approximate surface area is 117 Å². The monoisotopic (exact) mass is 278 g/mol. The molecule has 1 atom stereocenters. The number of piperidine rings is 1. The zero-order valence-electron chi connectivity index (χ0n) is 10.5. The van der Waals surface area contributed by atoms with Gasteiger partial charge in [0.1, 0.15) is 0 Å². The zero-order valence-corrected chi connectivity index (χ0v) is 11.2. The Morgan fingerprint density at radius 2 is 2.37 bits per heavy atom. The van der Waals surface area contributed by atoms with E-state index in [1.54, 1.807) is 12.1 Å². The maximum absolute atomic E-state index is 10.8. The third-order valence-corrected chi connectivity index (χ3v) is 3.70. The smallest absolute Gasteiger partial charge is 0.303 e. The van der Waals surface area contributed by atoms with Crippen LogP contribution in [0.1, 0.15) is 24.8 Å². The largest absolute Gasteiger partial charge is 0.481 e. The summed E-state index contributed by atoms with van der Waals surface area (Å²) < 4.78 is 0. The van der Waals surface area contributed by atoms with Crippen LogP contribution in [0, 0.1) is 17.2 Å². The standard InChI is InChI=1S/C14H15ClN2O2/c15-12-6-10(8-16)3-4-13(12)17-5-1-2-11(9-17)7-14(18)19/h3-4,6,11H,1-2,5,7,9H2,(H,18,19). The number of rotatable bonds is 3. The van der Waals surface area contributed by atoms with Crippen LogP contribution in [0.4, 0.5) is 5.69 Å². The van der Waals surface area contributed by atoms with Crippen molar-refractivity contribution in [3.63, 3.8) is 0 Å². The van der Waals surface area contributed by atoms with Crippen molar-refractivity contribution in [1.29, 1.82) is 5.26 Å². The first-order chi connectivity index (χ1) is 9.10. The van der Waals surface area contributed by atoms with Crippen molar-refractivity contribution in [1.82, 2.24) is 0 Å². The van der Waals surface area contributed by atoms with E-state index in [9.17, 15) is 4.79 Å². The summed E-state index contributed by atoms with van der Waals surface area (Å²) in [5.41, 5.74) is 1.42. The molecule has 2 rings (SSSR count). The molecule has 0 radical (unpaired) electrons. The molecule has 100 valence electrons. The highest BCUT2D eigenvalue weighted by Crippen LogP contribution is 2.31. The number of carbonyl (C=O) groups is 1. The second kappa shape index (κ2) is 5.94. The third-order valence-electron chi connectivity index (χ3n) is 3.40. The van der Waals surface area contributed by atoms with Crippen molar-refractivity contribution in [3.8, 4) is 6.07 Å². The van der Waals surface area contributed by atoms with Crippen LogP contribution < -0.4 is 4.90 Å². The number of hydrogen-bond acceptors (Lipinski definition) is 3. The van der Waals surface area contributed by atoms with Crippen LogP contribution in [0.5, 0.6) is 0 Å². The maximum atomic E-state index is 10.8. The number of carboxylic acids is 1.